The van der Waals surface area contributed by atoms with Gasteiger partial charge in [-0.2, -0.15) is 18.4 Å². The molecule has 134 valence electrons. The number of aliphatic carboxylic acids is 1. The fourth-order valence-corrected chi connectivity index (χ4v) is 2.83. The van der Waals surface area contributed by atoms with Gasteiger partial charge in [0.15, 0.2) is 5.13 Å². The smallest absolute Gasteiger partial charge is 0.416 e. The molecule has 1 aromatic carbocycles. The van der Waals surface area contributed by atoms with Crippen molar-refractivity contribution in [2.45, 2.75) is 13.1 Å². The number of nitriles is 1. The molecule has 0 aliphatic heterocycles. The predicted molar refractivity (Wildman–Crippen MR) is 87.6 cm³/mol. The molecular weight excluding hydrogens is 371 g/mol. The Morgan fingerprint density at radius 3 is 2.62 bits per heavy atom. The molecule has 1 N–H and O–H groups in total. The fraction of sp³-hybridized carbons (Fsp3) is 0.125. The van der Waals surface area contributed by atoms with Crippen LogP contribution in [-0.2, 0) is 15.8 Å². The van der Waals surface area contributed by atoms with E-state index in [-0.39, 0.29) is 16.5 Å². The third-order valence-corrected chi connectivity index (χ3v) is 3.93. The van der Waals surface area contributed by atoms with Gasteiger partial charge in [-0.15, -0.1) is 11.3 Å². The number of alkyl halides is 3. The van der Waals surface area contributed by atoms with Gasteiger partial charge >= 0.3 is 12.1 Å². The highest BCUT2D eigenvalue weighted by Crippen LogP contribution is 2.35. The van der Waals surface area contributed by atoms with Gasteiger partial charge in [-0.25, -0.2) is 9.78 Å². The first-order chi connectivity index (χ1) is 12.1. The molecule has 26 heavy (non-hydrogen) atoms. The second kappa shape index (κ2) is 7.37. The zero-order valence-corrected chi connectivity index (χ0v) is 13.9. The van der Waals surface area contributed by atoms with Crippen LogP contribution >= 0.6 is 11.3 Å². The van der Waals surface area contributed by atoms with Crippen LogP contribution in [0.25, 0.3) is 6.08 Å². The van der Waals surface area contributed by atoms with Gasteiger partial charge in [0.2, 0.25) is 5.91 Å². The number of halogens is 3. The van der Waals surface area contributed by atoms with Gasteiger partial charge in [-0.1, -0.05) is 6.07 Å². The third kappa shape index (κ3) is 4.25. The van der Waals surface area contributed by atoms with Crippen LogP contribution in [0.15, 0.2) is 35.2 Å². The van der Waals surface area contributed by atoms with Crippen molar-refractivity contribution in [3.63, 3.8) is 0 Å². The molecule has 0 unspecified atom stereocenters. The summed E-state index contributed by atoms with van der Waals surface area (Å²) in [6.07, 6.45) is -3.56. The average molecular weight is 381 g/mol. The molecule has 0 aliphatic rings. The lowest BCUT2D eigenvalue weighted by Crippen LogP contribution is -2.23. The van der Waals surface area contributed by atoms with Gasteiger partial charge in [-0.3, -0.25) is 9.69 Å². The number of hydrogen-bond acceptors (Lipinski definition) is 5. The minimum absolute atomic E-state index is 0.0315. The van der Waals surface area contributed by atoms with Crippen LogP contribution in [0.5, 0.6) is 0 Å². The second-order valence-corrected chi connectivity index (χ2v) is 5.77. The van der Waals surface area contributed by atoms with Gasteiger partial charge in [0.05, 0.1) is 16.9 Å². The number of carboxylic acids is 1. The lowest BCUT2D eigenvalue weighted by molar-refractivity contribution is -0.137. The van der Waals surface area contributed by atoms with Crippen molar-refractivity contribution in [1.82, 2.24) is 4.98 Å². The number of carboxylic acid groups (broad SMARTS) is 1. The monoisotopic (exact) mass is 381 g/mol. The van der Waals surface area contributed by atoms with Crippen LogP contribution < -0.4 is 4.90 Å². The van der Waals surface area contributed by atoms with E-state index in [1.165, 1.54) is 23.6 Å². The summed E-state index contributed by atoms with van der Waals surface area (Å²) >= 11 is 0.924. The predicted octanol–water partition coefficient (Wildman–Crippen LogP) is 3.84. The number of carbonyl (C=O) groups excluding carboxylic acids is 1. The Kier molecular flexibility index (Phi) is 5.42. The Morgan fingerprint density at radius 2 is 2.08 bits per heavy atom. The zero-order valence-electron chi connectivity index (χ0n) is 13.1. The number of thiazole rings is 1. The minimum Gasteiger partial charge on any atom is -0.477 e. The number of anilines is 2. The lowest BCUT2D eigenvalue weighted by Gasteiger charge is -2.19. The summed E-state index contributed by atoms with van der Waals surface area (Å²) in [5.41, 5.74) is -1.41. The molecule has 0 saturated heterocycles. The molecule has 1 heterocycles. The van der Waals surface area contributed by atoms with E-state index in [1.807, 2.05) is 0 Å². The first kappa shape index (κ1) is 19.1. The maximum atomic E-state index is 12.9. The molecular formula is C16H10F3N3O3S. The maximum Gasteiger partial charge on any atom is 0.416 e. The number of carbonyl (C=O) groups is 2. The number of rotatable bonds is 4. The van der Waals surface area contributed by atoms with E-state index in [2.05, 4.69) is 4.98 Å². The topological polar surface area (TPSA) is 94.3 Å². The number of hydrogen-bond donors (Lipinski definition) is 1. The first-order valence-electron chi connectivity index (χ1n) is 6.92. The molecule has 6 nitrogen and oxygen atoms in total. The third-order valence-electron chi connectivity index (χ3n) is 3.09. The van der Waals surface area contributed by atoms with E-state index in [4.69, 9.17) is 10.4 Å². The number of benzene rings is 1. The van der Waals surface area contributed by atoms with Crippen molar-refractivity contribution in [3.8, 4) is 6.07 Å². The summed E-state index contributed by atoms with van der Waals surface area (Å²) in [6, 6.07) is 5.67. The normalized spacial score (nSPS) is 11.7. The SMILES string of the molecule is CC(=O)N(c1cccc(C(F)(F)F)c1)c1nc(/C=C(\C#N)C(=O)O)cs1. The summed E-state index contributed by atoms with van der Waals surface area (Å²) < 4.78 is 38.7. The molecule has 0 atom stereocenters. The number of amides is 1. The Labute approximate surface area is 149 Å². The van der Waals surface area contributed by atoms with Crippen LogP contribution in [0, 0.1) is 11.3 Å². The summed E-state index contributed by atoms with van der Waals surface area (Å²) in [5, 5.41) is 19.0. The van der Waals surface area contributed by atoms with Crippen molar-refractivity contribution >= 4 is 40.1 Å². The van der Waals surface area contributed by atoms with E-state index in [0.717, 1.165) is 41.4 Å². The van der Waals surface area contributed by atoms with Crippen molar-refractivity contribution in [2.24, 2.45) is 0 Å². The standard InChI is InChI=1S/C16H10F3N3O3S/c1-9(23)22(13-4-2-3-11(6-13)16(17,18)19)15-21-12(8-26-15)5-10(7-20)14(24)25/h2-6,8H,1H3,(H,24,25)/b10-5+. The van der Waals surface area contributed by atoms with E-state index in [1.54, 1.807) is 0 Å². The van der Waals surface area contributed by atoms with Crippen molar-refractivity contribution < 1.29 is 27.9 Å². The fourth-order valence-electron chi connectivity index (χ4n) is 1.98. The highest BCUT2D eigenvalue weighted by Gasteiger charge is 2.31. The Bertz CT molecular complexity index is 929. The molecule has 2 aromatic rings. The Hall–Kier alpha value is -3.19. The molecule has 0 radical (unpaired) electrons. The van der Waals surface area contributed by atoms with Gasteiger partial charge < -0.3 is 5.11 Å². The van der Waals surface area contributed by atoms with Gasteiger partial charge in [-0.05, 0) is 24.3 Å². The van der Waals surface area contributed by atoms with Crippen LogP contribution in [0.4, 0.5) is 24.0 Å². The number of aromatic nitrogens is 1. The molecule has 10 heteroatoms. The quantitative estimate of drug-likeness (QED) is 0.641. The van der Waals surface area contributed by atoms with Crippen LogP contribution in [0.2, 0.25) is 0 Å². The van der Waals surface area contributed by atoms with Gasteiger partial charge in [0, 0.05) is 12.3 Å². The van der Waals surface area contributed by atoms with E-state index in [9.17, 15) is 22.8 Å². The average Bonchev–Trinajstić information content (AvgIpc) is 2.99. The minimum atomic E-state index is -4.57. The van der Waals surface area contributed by atoms with Crippen LogP contribution in [0.1, 0.15) is 18.2 Å². The van der Waals surface area contributed by atoms with Gasteiger partial charge in [0.25, 0.3) is 0 Å². The van der Waals surface area contributed by atoms with Crippen molar-refractivity contribution in [3.05, 3.63) is 46.5 Å². The van der Waals surface area contributed by atoms with Crippen molar-refractivity contribution in [1.29, 1.82) is 5.26 Å². The molecule has 0 spiro atoms. The molecule has 0 aliphatic carbocycles. The zero-order chi connectivity index (χ0) is 19.5. The molecule has 0 bridgehead atoms. The van der Waals surface area contributed by atoms with Crippen LogP contribution in [0.3, 0.4) is 0 Å². The Balaban J connectivity index is 2.46. The van der Waals surface area contributed by atoms with Gasteiger partial charge in [0.1, 0.15) is 11.6 Å². The molecule has 2 rings (SSSR count). The molecule has 0 fully saturated rings. The van der Waals surface area contributed by atoms with Crippen LogP contribution in [-0.4, -0.2) is 22.0 Å². The van der Waals surface area contributed by atoms with E-state index >= 15 is 0 Å². The highest BCUT2D eigenvalue weighted by atomic mass is 32.1. The summed E-state index contributed by atoms with van der Waals surface area (Å²) in [5.74, 6) is -2.02. The van der Waals surface area contributed by atoms with E-state index in [0.29, 0.717) is 0 Å². The molecule has 0 saturated carbocycles. The lowest BCUT2D eigenvalue weighted by atomic mass is 10.2. The first-order valence-corrected chi connectivity index (χ1v) is 7.80. The Morgan fingerprint density at radius 1 is 1.38 bits per heavy atom. The summed E-state index contributed by atoms with van der Waals surface area (Å²) in [6.45, 7) is 1.16. The van der Waals surface area contributed by atoms with Crippen molar-refractivity contribution in [2.75, 3.05) is 4.90 Å². The van der Waals surface area contributed by atoms with E-state index < -0.39 is 29.2 Å². The largest absolute Gasteiger partial charge is 0.477 e. The summed E-state index contributed by atoms with van der Waals surface area (Å²) in [4.78, 5) is 27.8. The molecule has 1 aromatic heterocycles. The highest BCUT2D eigenvalue weighted by molar-refractivity contribution is 7.14. The second-order valence-electron chi connectivity index (χ2n) is 4.93. The number of nitrogens with zero attached hydrogens (tertiary/aromatic N) is 3. The molecule has 1 amide bonds. The maximum absolute atomic E-state index is 12.9. The summed E-state index contributed by atoms with van der Waals surface area (Å²) in [7, 11) is 0.